The maximum Gasteiger partial charge on any atom is 0.340 e. The number of carbonyl (C=O) groups is 2. The molecule has 1 N–H and O–H groups in total. The molecule has 1 fully saturated rings. The van der Waals surface area contributed by atoms with Crippen molar-refractivity contribution in [1.29, 1.82) is 0 Å². The van der Waals surface area contributed by atoms with Crippen LogP contribution in [0.15, 0.2) is 40.6 Å². The van der Waals surface area contributed by atoms with Gasteiger partial charge in [0, 0.05) is 18.1 Å². The van der Waals surface area contributed by atoms with Gasteiger partial charge in [-0.25, -0.2) is 13.2 Å². The van der Waals surface area contributed by atoms with Gasteiger partial charge in [0.15, 0.2) is 0 Å². The van der Waals surface area contributed by atoms with E-state index in [9.17, 15) is 18.0 Å². The van der Waals surface area contributed by atoms with Crippen LogP contribution in [0.1, 0.15) is 23.2 Å². The molecule has 7 nitrogen and oxygen atoms in total. The highest BCUT2D eigenvalue weighted by Crippen LogP contribution is 2.28. The molecule has 2 heterocycles. The number of nitrogens with zero attached hydrogens (tertiary/aromatic N) is 1. The highest BCUT2D eigenvalue weighted by Gasteiger charge is 2.33. The SMILES string of the molecule is COC(=O)c1ccsc1NC(=O)C1CCCN(S(=O)(=O)c2ccc(Cl)cc2)C1. The minimum Gasteiger partial charge on any atom is -0.465 e. The molecule has 1 saturated heterocycles. The topological polar surface area (TPSA) is 92.8 Å². The molecule has 1 amide bonds. The van der Waals surface area contributed by atoms with E-state index < -0.39 is 21.9 Å². The molecule has 0 saturated carbocycles. The van der Waals surface area contributed by atoms with Crippen molar-refractivity contribution in [2.75, 3.05) is 25.5 Å². The van der Waals surface area contributed by atoms with Gasteiger partial charge in [-0.1, -0.05) is 11.6 Å². The van der Waals surface area contributed by atoms with Gasteiger partial charge in [0.2, 0.25) is 15.9 Å². The first kappa shape index (κ1) is 20.8. The lowest BCUT2D eigenvalue weighted by molar-refractivity contribution is -0.120. The zero-order chi connectivity index (χ0) is 20.3. The van der Waals surface area contributed by atoms with E-state index in [1.807, 2.05) is 0 Å². The maximum absolute atomic E-state index is 12.9. The summed E-state index contributed by atoms with van der Waals surface area (Å²) >= 11 is 7.05. The number of thiophene rings is 1. The van der Waals surface area contributed by atoms with E-state index in [4.69, 9.17) is 16.3 Å². The Hall–Kier alpha value is -1.94. The van der Waals surface area contributed by atoms with Crippen LogP contribution in [0.5, 0.6) is 0 Å². The average molecular weight is 443 g/mol. The van der Waals surface area contributed by atoms with Crippen molar-refractivity contribution in [3.8, 4) is 0 Å². The number of esters is 1. The summed E-state index contributed by atoms with van der Waals surface area (Å²) < 4.78 is 31.7. The van der Waals surface area contributed by atoms with Gasteiger partial charge in [-0.15, -0.1) is 11.3 Å². The molecule has 1 aromatic carbocycles. The molecule has 1 unspecified atom stereocenters. The number of anilines is 1. The summed E-state index contributed by atoms with van der Waals surface area (Å²) in [5, 5.41) is 5.26. The van der Waals surface area contributed by atoms with E-state index >= 15 is 0 Å². The van der Waals surface area contributed by atoms with Crippen LogP contribution in [0, 0.1) is 5.92 Å². The lowest BCUT2D eigenvalue weighted by Gasteiger charge is -2.31. The maximum atomic E-state index is 12.9. The molecule has 0 aliphatic carbocycles. The van der Waals surface area contributed by atoms with Crippen molar-refractivity contribution >= 4 is 49.8 Å². The molecule has 0 spiro atoms. The molecule has 150 valence electrons. The van der Waals surface area contributed by atoms with Crippen molar-refractivity contribution in [2.45, 2.75) is 17.7 Å². The van der Waals surface area contributed by atoms with Gasteiger partial charge < -0.3 is 10.1 Å². The van der Waals surface area contributed by atoms with Gasteiger partial charge in [0.25, 0.3) is 0 Å². The van der Waals surface area contributed by atoms with E-state index in [0.29, 0.717) is 29.4 Å². The number of carbonyl (C=O) groups excluding carboxylic acids is 2. The predicted octanol–water partition coefficient (Wildman–Crippen LogP) is 3.23. The Morgan fingerprint density at radius 2 is 1.96 bits per heavy atom. The van der Waals surface area contributed by atoms with E-state index in [1.165, 1.54) is 47.0 Å². The Bertz CT molecular complexity index is 972. The highest BCUT2D eigenvalue weighted by molar-refractivity contribution is 7.89. The van der Waals surface area contributed by atoms with E-state index in [1.54, 1.807) is 11.4 Å². The molecule has 1 aliphatic heterocycles. The number of nitrogens with one attached hydrogen (secondary N) is 1. The Kier molecular flexibility index (Phi) is 6.39. The standard InChI is InChI=1S/C18H19ClN2O5S2/c1-26-18(23)15-8-10-27-17(15)20-16(22)12-3-2-9-21(11-12)28(24,25)14-6-4-13(19)5-7-14/h4-8,10,12H,2-3,9,11H2,1H3,(H,20,22). The number of hydrogen-bond acceptors (Lipinski definition) is 6. The summed E-state index contributed by atoms with van der Waals surface area (Å²) in [7, 11) is -2.44. The first-order valence-electron chi connectivity index (χ1n) is 8.55. The Morgan fingerprint density at radius 1 is 1.25 bits per heavy atom. The second kappa shape index (κ2) is 8.60. The average Bonchev–Trinajstić information content (AvgIpc) is 3.16. The molecule has 0 bridgehead atoms. The number of sulfonamides is 1. The number of amides is 1. The number of methoxy groups -OCH3 is 1. The molecule has 3 rings (SSSR count). The molecule has 28 heavy (non-hydrogen) atoms. The third kappa shape index (κ3) is 4.38. The fraction of sp³-hybridized carbons (Fsp3) is 0.333. The minimum absolute atomic E-state index is 0.0791. The molecule has 1 aliphatic rings. The number of halogens is 1. The number of benzene rings is 1. The van der Waals surface area contributed by atoms with E-state index in [0.717, 1.165) is 0 Å². The lowest BCUT2D eigenvalue weighted by Crippen LogP contribution is -2.43. The molecule has 1 atom stereocenters. The summed E-state index contributed by atoms with van der Waals surface area (Å²) in [5.74, 6) is -1.36. The van der Waals surface area contributed by atoms with E-state index in [2.05, 4.69) is 5.32 Å². The third-order valence-corrected chi connectivity index (χ3v) is 7.47. The first-order chi connectivity index (χ1) is 13.3. The third-order valence-electron chi connectivity index (χ3n) is 4.51. The number of piperidine rings is 1. The molecule has 0 radical (unpaired) electrons. The largest absolute Gasteiger partial charge is 0.465 e. The van der Waals surface area contributed by atoms with Crippen LogP contribution in [-0.2, 0) is 19.6 Å². The van der Waals surface area contributed by atoms with Gasteiger partial charge in [-0.3, -0.25) is 4.79 Å². The normalized spacial score (nSPS) is 17.9. The minimum atomic E-state index is -3.71. The Balaban J connectivity index is 1.72. The van der Waals surface area contributed by atoms with Crippen LogP contribution < -0.4 is 5.32 Å². The van der Waals surface area contributed by atoms with Crippen LogP contribution >= 0.6 is 22.9 Å². The van der Waals surface area contributed by atoms with Crippen molar-refractivity contribution in [3.05, 3.63) is 46.3 Å². The quantitative estimate of drug-likeness (QED) is 0.717. The van der Waals surface area contributed by atoms with Gasteiger partial charge in [-0.2, -0.15) is 4.31 Å². The van der Waals surface area contributed by atoms with Crippen molar-refractivity contribution in [1.82, 2.24) is 4.31 Å². The summed E-state index contributed by atoms with van der Waals surface area (Å²) in [6, 6.07) is 7.52. The molecule has 10 heteroatoms. The highest BCUT2D eigenvalue weighted by atomic mass is 35.5. The zero-order valence-corrected chi connectivity index (χ0v) is 17.4. The number of rotatable bonds is 5. The van der Waals surface area contributed by atoms with Gasteiger partial charge in [0.1, 0.15) is 5.00 Å². The fourth-order valence-electron chi connectivity index (χ4n) is 3.02. The molecular formula is C18H19ClN2O5S2. The molecule has 1 aromatic heterocycles. The fourth-order valence-corrected chi connectivity index (χ4v) is 5.45. The summed E-state index contributed by atoms with van der Waals surface area (Å²) in [4.78, 5) is 24.6. The number of hydrogen-bond donors (Lipinski definition) is 1. The predicted molar refractivity (Wildman–Crippen MR) is 107 cm³/mol. The van der Waals surface area contributed by atoms with Crippen LogP contribution in [-0.4, -0.2) is 44.8 Å². The molecule has 2 aromatic rings. The Labute approximate surface area is 172 Å². The zero-order valence-electron chi connectivity index (χ0n) is 15.1. The Morgan fingerprint density at radius 3 is 2.64 bits per heavy atom. The number of ether oxygens (including phenoxy) is 1. The second-order valence-corrected chi connectivity index (χ2v) is 9.59. The molecular weight excluding hydrogens is 424 g/mol. The summed E-state index contributed by atoms with van der Waals surface area (Å²) in [6.07, 6.45) is 1.14. The van der Waals surface area contributed by atoms with Crippen LogP contribution in [0.25, 0.3) is 0 Å². The summed E-state index contributed by atoms with van der Waals surface area (Å²) in [5.41, 5.74) is 0.280. The smallest absolute Gasteiger partial charge is 0.340 e. The summed E-state index contributed by atoms with van der Waals surface area (Å²) in [6.45, 7) is 0.427. The van der Waals surface area contributed by atoms with Crippen molar-refractivity contribution < 1.29 is 22.7 Å². The lowest BCUT2D eigenvalue weighted by atomic mass is 9.99. The van der Waals surface area contributed by atoms with Gasteiger partial charge in [-0.05, 0) is 48.6 Å². The van der Waals surface area contributed by atoms with E-state index in [-0.39, 0.29) is 22.9 Å². The monoisotopic (exact) mass is 442 g/mol. The van der Waals surface area contributed by atoms with Crippen LogP contribution in [0.2, 0.25) is 5.02 Å². The first-order valence-corrected chi connectivity index (χ1v) is 11.2. The second-order valence-electron chi connectivity index (χ2n) is 6.30. The van der Waals surface area contributed by atoms with Crippen molar-refractivity contribution in [3.63, 3.8) is 0 Å². The van der Waals surface area contributed by atoms with Crippen LogP contribution in [0.4, 0.5) is 5.00 Å². The van der Waals surface area contributed by atoms with Crippen molar-refractivity contribution in [2.24, 2.45) is 5.92 Å². The van der Waals surface area contributed by atoms with Gasteiger partial charge >= 0.3 is 5.97 Å². The van der Waals surface area contributed by atoms with Crippen LogP contribution in [0.3, 0.4) is 0 Å². The van der Waals surface area contributed by atoms with Gasteiger partial charge in [0.05, 0.1) is 23.5 Å².